The van der Waals surface area contributed by atoms with E-state index < -0.39 is 0 Å². The molecule has 2 rings (SSSR count). The molecule has 1 aromatic heterocycles. The Morgan fingerprint density at radius 1 is 1.59 bits per heavy atom. The van der Waals surface area contributed by atoms with Gasteiger partial charge in [-0.25, -0.2) is 4.68 Å². The molecule has 0 aromatic carbocycles. The molecule has 1 aromatic rings. The van der Waals surface area contributed by atoms with Gasteiger partial charge in [0, 0.05) is 19.6 Å². The summed E-state index contributed by atoms with van der Waals surface area (Å²) >= 11 is 0. The zero-order valence-corrected chi connectivity index (χ0v) is 9.72. The highest BCUT2D eigenvalue weighted by molar-refractivity contribution is 5.91. The molecule has 7 heteroatoms. The zero-order chi connectivity index (χ0) is 12.1. The standard InChI is InChI=1S/C10H18N6O/c11-3-1-2-4-13-10(17)9-7-16(15-14-9)8-5-12-6-8/h7-8,12H,1-6,11H2,(H,13,17). The number of carbonyl (C=O) groups is 1. The summed E-state index contributed by atoms with van der Waals surface area (Å²) in [5.41, 5.74) is 5.75. The maximum absolute atomic E-state index is 11.7. The Morgan fingerprint density at radius 2 is 2.41 bits per heavy atom. The van der Waals surface area contributed by atoms with Crippen molar-refractivity contribution in [2.45, 2.75) is 18.9 Å². The van der Waals surface area contributed by atoms with E-state index in [0.717, 1.165) is 25.9 Å². The van der Waals surface area contributed by atoms with E-state index in [0.29, 0.717) is 24.8 Å². The Bertz CT molecular complexity index is 373. The van der Waals surface area contributed by atoms with Gasteiger partial charge in [0.15, 0.2) is 5.69 Å². The number of nitrogens with two attached hydrogens (primary N) is 1. The number of rotatable bonds is 6. The first-order valence-electron chi connectivity index (χ1n) is 5.92. The number of amides is 1. The van der Waals surface area contributed by atoms with Gasteiger partial charge in [0.1, 0.15) is 0 Å². The molecule has 7 nitrogen and oxygen atoms in total. The Morgan fingerprint density at radius 3 is 3.06 bits per heavy atom. The first-order valence-corrected chi connectivity index (χ1v) is 5.92. The van der Waals surface area contributed by atoms with Gasteiger partial charge >= 0.3 is 0 Å². The lowest BCUT2D eigenvalue weighted by atomic mass is 10.2. The maximum atomic E-state index is 11.7. The van der Waals surface area contributed by atoms with E-state index in [9.17, 15) is 4.79 Å². The predicted octanol–water partition coefficient (Wildman–Crippen LogP) is -1.11. The quantitative estimate of drug-likeness (QED) is 0.546. The summed E-state index contributed by atoms with van der Waals surface area (Å²) in [5, 5.41) is 13.8. The smallest absolute Gasteiger partial charge is 0.273 e. The fourth-order valence-electron chi connectivity index (χ4n) is 1.58. The molecule has 2 heterocycles. The van der Waals surface area contributed by atoms with Crippen molar-refractivity contribution in [3.05, 3.63) is 11.9 Å². The molecule has 17 heavy (non-hydrogen) atoms. The lowest BCUT2D eigenvalue weighted by Gasteiger charge is -2.26. The average molecular weight is 238 g/mol. The van der Waals surface area contributed by atoms with Crippen molar-refractivity contribution in [1.29, 1.82) is 0 Å². The Hall–Kier alpha value is -1.47. The zero-order valence-electron chi connectivity index (χ0n) is 9.72. The summed E-state index contributed by atoms with van der Waals surface area (Å²) in [5.74, 6) is -0.166. The van der Waals surface area contributed by atoms with Crippen LogP contribution < -0.4 is 16.4 Å². The van der Waals surface area contributed by atoms with Crippen LogP contribution in [0.25, 0.3) is 0 Å². The molecule has 4 N–H and O–H groups in total. The minimum absolute atomic E-state index is 0.166. The van der Waals surface area contributed by atoms with Gasteiger partial charge < -0.3 is 16.4 Å². The number of unbranched alkanes of at least 4 members (excludes halogenated alkanes) is 1. The van der Waals surface area contributed by atoms with E-state index in [4.69, 9.17) is 5.73 Å². The number of hydrogen-bond acceptors (Lipinski definition) is 5. The monoisotopic (exact) mass is 238 g/mol. The third-order valence-corrected chi connectivity index (χ3v) is 2.79. The molecule has 1 aliphatic rings. The van der Waals surface area contributed by atoms with Gasteiger partial charge in [0.2, 0.25) is 0 Å². The molecule has 1 fully saturated rings. The van der Waals surface area contributed by atoms with Gasteiger partial charge in [-0.15, -0.1) is 5.10 Å². The van der Waals surface area contributed by atoms with Crippen LogP contribution >= 0.6 is 0 Å². The van der Waals surface area contributed by atoms with Gasteiger partial charge in [-0.3, -0.25) is 4.79 Å². The highest BCUT2D eigenvalue weighted by Gasteiger charge is 2.21. The molecule has 0 spiro atoms. The highest BCUT2D eigenvalue weighted by Crippen LogP contribution is 2.09. The normalized spacial score (nSPS) is 15.6. The van der Waals surface area contributed by atoms with Gasteiger partial charge in [-0.2, -0.15) is 0 Å². The minimum Gasteiger partial charge on any atom is -0.351 e. The van der Waals surface area contributed by atoms with Gasteiger partial charge in [0.05, 0.1) is 12.2 Å². The molecular formula is C10H18N6O. The number of hydrogen-bond donors (Lipinski definition) is 3. The minimum atomic E-state index is -0.166. The number of nitrogens with one attached hydrogen (secondary N) is 2. The second-order valence-electron chi connectivity index (χ2n) is 4.15. The van der Waals surface area contributed by atoms with Crippen LogP contribution in [0.2, 0.25) is 0 Å². The fraction of sp³-hybridized carbons (Fsp3) is 0.700. The summed E-state index contributed by atoms with van der Waals surface area (Å²) in [7, 11) is 0. The lowest BCUT2D eigenvalue weighted by Crippen LogP contribution is -2.43. The van der Waals surface area contributed by atoms with Crippen LogP contribution in [0.1, 0.15) is 29.4 Å². The van der Waals surface area contributed by atoms with E-state index in [2.05, 4.69) is 20.9 Å². The van der Waals surface area contributed by atoms with E-state index in [1.165, 1.54) is 0 Å². The topological polar surface area (TPSA) is 97.9 Å². The van der Waals surface area contributed by atoms with Crippen molar-refractivity contribution in [3.63, 3.8) is 0 Å². The maximum Gasteiger partial charge on any atom is 0.273 e. The van der Waals surface area contributed by atoms with Crippen LogP contribution in [0, 0.1) is 0 Å². The number of nitrogens with zero attached hydrogens (tertiary/aromatic N) is 3. The van der Waals surface area contributed by atoms with Crippen molar-refractivity contribution in [1.82, 2.24) is 25.6 Å². The molecular weight excluding hydrogens is 220 g/mol. The van der Waals surface area contributed by atoms with Crippen molar-refractivity contribution in [2.75, 3.05) is 26.2 Å². The summed E-state index contributed by atoms with van der Waals surface area (Å²) < 4.78 is 1.74. The summed E-state index contributed by atoms with van der Waals surface area (Å²) in [4.78, 5) is 11.7. The number of carbonyl (C=O) groups excluding carboxylic acids is 1. The van der Waals surface area contributed by atoms with Crippen LogP contribution in [0.3, 0.4) is 0 Å². The Kier molecular flexibility index (Phi) is 4.05. The van der Waals surface area contributed by atoms with Crippen LogP contribution in [0.5, 0.6) is 0 Å². The molecule has 0 saturated carbocycles. The first-order chi connectivity index (χ1) is 8.31. The molecule has 1 aliphatic heterocycles. The second-order valence-corrected chi connectivity index (χ2v) is 4.15. The van der Waals surface area contributed by atoms with Gasteiger partial charge in [-0.05, 0) is 19.4 Å². The third-order valence-electron chi connectivity index (χ3n) is 2.79. The van der Waals surface area contributed by atoms with Crippen LogP contribution in [-0.4, -0.2) is 47.1 Å². The van der Waals surface area contributed by atoms with E-state index >= 15 is 0 Å². The van der Waals surface area contributed by atoms with E-state index in [-0.39, 0.29) is 5.91 Å². The summed E-state index contributed by atoms with van der Waals surface area (Å²) in [6, 6.07) is 0.335. The van der Waals surface area contributed by atoms with Crippen molar-refractivity contribution in [2.24, 2.45) is 5.73 Å². The molecule has 94 valence electrons. The van der Waals surface area contributed by atoms with Crippen LogP contribution in [-0.2, 0) is 0 Å². The fourth-order valence-corrected chi connectivity index (χ4v) is 1.58. The van der Waals surface area contributed by atoms with E-state index in [1.54, 1.807) is 10.9 Å². The summed E-state index contributed by atoms with van der Waals surface area (Å²) in [6.45, 7) is 3.07. The average Bonchev–Trinajstić information content (AvgIpc) is 2.71. The van der Waals surface area contributed by atoms with Gasteiger partial charge in [-0.1, -0.05) is 5.21 Å². The molecule has 1 amide bonds. The molecule has 0 bridgehead atoms. The van der Waals surface area contributed by atoms with Crippen molar-refractivity contribution < 1.29 is 4.79 Å². The molecule has 0 aliphatic carbocycles. The molecule has 0 atom stereocenters. The molecule has 1 saturated heterocycles. The van der Waals surface area contributed by atoms with Crippen molar-refractivity contribution >= 4 is 5.91 Å². The first kappa shape index (κ1) is 12.0. The largest absolute Gasteiger partial charge is 0.351 e. The lowest BCUT2D eigenvalue weighted by molar-refractivity contribution is 0.0948. The number of aromatic nitrogens is 3. The SMILES string of the molecule is NCCCCNC(=O)c1cn(C2CNC2)nn1. The Labute approximate surface area is 99.7 Å². The predicted molar refractivity (Wildman–Crippen MR) is 62.6 cm³/mol. The second kappa shape index (κ2) is 5.74. The summed E-state index contributed by atoms with van der Waals surface area (Å²) in [6.07, 6.45) is 3.51. The highest BCUT2D eigenvalue weighted by atomic mass is 16.2. The van der Waals surface area contributed by atoms with E-state index in [1.807, 2.05) is 0 Å². The third kappa shape index (κ3) is 3.01. The molecule has 0 radical (unpaired) electrons. The van der Waals surface area contributed by atoms with Crippen LogP contribution in [0.15, 0.2) is 6.20 Å². The molecule has 0 unspecified atom stereocenters. The van der Waals surface area contributed by atoms with Crippen LogP contribution in [0.4, 0.5) is 0 Å². The Balaban J connectivity index is 1.80. The van der Waals surface area contributed by atoms with Crippen molar-refractivity contribution in [3.8, 4) is 0 Å². The van der Waals surface area contributed by atoms with Gasteiger partial charge in [0.25, 0.3) is 5.91 Å².